The zero-order valence-corrected chi connectivity index (χ0v) is 8.85. The fraction of sp³-hybridized carbons (Fsp3) is 0.600. The molecule has 0 aliphatic carbocycles. The smallest absolute Gasteiger partial charge is 0.246 e. The van der Waals surface area contributed by atoms with Gasteiger partial charge in [-0.3, -0.25) is 9.59 Å². The molecule has 2 amide bonds. The van der Waals surface area contributed by atoms with Gasteiger partial charge in [0.25, 0.3) is 0 Å². The molecular weight excluding hydrogens is 180 g/mol. The summed E-state index contributed by atoms with van der Waals surface area (Å²) in [5, 5.41) is 5.15. The van der Waals surface area contributed by atoms with Crippen LogP contribution in [0.3, 0.4) is 0 Å². The van der Waals surface area contributed by atoms with Gasteiger partial charge in [-0.15, -0.1) is 0 Å². The van der Waals surface area contributed by atoms with Crippen LogP contribution in [0.4, 0.5) is 0 Å². The van der Waals surface area contributed by atoms with Gasteiger partial charge in [0, 0.05) is 12.1 Å². The van der Waals surface area contributed by atoms with E-state index in [-0.39, 0.29) is 18.4 Å². The van der Waals surface area contributed by atoms with Crippen molar-refractivity contribution >= 4 is 11.8 Å². The second kappa shape index (κ2) is 7.12. The maximum atomic E-state index is 11.1. The van der Waals surface area contributed by atoms with Crippen molar-refractivity contribution in [3.8, 4) is 0 Å². The zero-order valence-electron chi connectivity index (χ0n) is 8.85. The third-order valence-electron chi connectivity index (χ3n) is 1.65. The predicted octanol–water partition coefficient (Wildman–Crippen LogP) is 0.595. The van der Waals surface area contributed by atoms with Crippen molar-refractivity contribution in [1.82, 2.24) is 10.6 Å². The third-order valence-corrected chi connectivity index (χ3v) is 1.65. The SMILES string of the molecule is C=C(C)C(=O)NCC(=O)NCCCC. The van der Waals surface area contributed by atoms with Gasteiger partial charge in [0.15, 0.2) is 0 Å². The van der Waals surface area contributed by atoms with Crippen molar-refractivity contribution in [2.45, 2.75) is 26.7 Å². The summed E-state index contributed by atoms with van der Waals surface area (Å²) >= 11 is 0. The van der Waals surface area contributed by atoms with E-state index in [4.69, 9.17) is 0 Å². The van der Waals surface area contributed by atoms with Gasteiger partial charge >= 0.3 is 0 Å². The largest absolute Gasteiger partial charge is 0.355 e. The third kappa shape index (κ3) is 6.22. The molecule has 2 N–H and O–H groups in total. The summed E-state index contributed by atoms with van der Waals surface area (Å²) in [6.45, 7) is 7.80. The molecule has 0 fully saturated rings. The summed E-state index contributed by atoms with van der Waals surface area (Å²) in [6.07, 6.45) is 2.00. The van der Waals surface area contributed by atoms with Crippen molar-refractivity contribution in [2.75, 3.05) is 13.1 Å². The van der Waals surface area contributed by atoms with E-state index >= 15 is 0 Å². The first-order chi connectivity index (χ1) is 6.57. The first-order valence-electron chi connectivity index (χ1n) is 4.78. The molecule has 0 aliphatic rings. The summed E-state index contributed by atoms with van der Waals surface area (Å²) in [6, 6.07) is 0. The summed E-state index contributed by atoms with van der Waals surface area (Å²) in [5.74, 6) is -0.441. The lowest BCUT2D eigenvalue weighted by Gasteiger charge is -2.05. The Morgan fingerprint density at radius 3 is 2.43 bits per heavy atom. The quantitative estimate of drug-likeness (QED) is 0.485. The van der Waals surface area contributed by atoms with Crippen molar-refractivity contribution in [1.29, 1.82) is 0 Å². The summed E-state index contributed by atoms with van der Waals surface area (Å²) in [5.41, 5.74) is 0.409. The molecule has 0 aliphatic heterocycles. The number of amides is 2. The number of hydrogen-bond acceptors (Lipinski definition) is 2. The molecule has 0 saturated carbocycles. The molecule has 0 heterocycles. The van der Waals surface area contributed by atoms with Gasteiger partial charge in [0.05, 0.1) is 6.54 Å². The monoisotopic (exact) mass is 198 g/mol. The van der Waals surface area contributed by atoms with Gasteiger partial charge in [-0.25, -0.2) is 0 Å². The molecule has 0 aromatic carbocycles. The number of rotatable bonds is 6. The van der Waals surface area contributed by atoms with Gasteiger partial charge in [-0.1, -0.05) is 19.9 Å². The Bertz CT molecular complexity index is 224. The van der Waals surface area contributed by atoms with Gasteiger partial charge in [0.1, 0.15) is 0 Å². The second-order valence-electron chi connectivity index (χ2n) is 3.17. The van der Waals surface area contributed by atoms with Crippen LogP contribution in [0.15, 0.2) is 12.2 Å². The fourth-order valence-electron chi connectivity index (χ4n) is 0.779. The van der Waals surface area contributed by atoms with Gasteiger partial charge in [-0.2, -0.15) is 0 Å². The highest BCUT2D eigenvalue weighted by Crippen LogP contribution is 1.85. The van der Waals surface area contributed by atoms with Gasteiger partial charge < -0.3 is 10.6 Å². The number of carbonyl (C=O) groups is 2. The maximum absolute atomic E-state index is 11.1. The lowest BCUT2D eigenvalue weighted by atomic mass is 10.3. The molecule has 0 bridgehead atoms. The van der Waals surface area contributed by atoms with Crippen LogP contribution in [-0.2, 0) is 9.59 Å². The molecule has 0 spiro atoms. The first-order valence-corrected chi connectivity index (χ1v) is 4.78. The molecule has 0 rings (SSSR count). The first kappa shape index (κ1) is 12.7. The molecular formula is C10H18N2O2. The topological polar surface area (TPSA) is 58.2 Å². The minimum atomic E-state index is -0.282. The Balaban J connectivity index is 3.54. The maximum Gasteiger partial charge on any atom is 0.246 e. The molecule has 80 valence electrons. The second-order valence-corrected chi connectivity index (χ2v) is 3.17. The van der Waals surface area contributed by atoms with Gasteiger partial charge in [0.2, 0.25) is 11.8 Å². The van der Waals surface area contributed by atoms with E-state index in [9.17, 15) is 9.59 Å². The Hall–Kier alpha value is -1.32. The van der Waals surface area contributed by atoms with Crippen molar-refractivity contribution < 1.29 is 9.59 Å². The average molecular weight is 198 g/mol. The Morgan fingerprint density at radius 2 is 1.93 bits per heavy atom. The normalized spacial score (nSPS) is 9.29. The molecule has 0 saturated heterocycles. The summed E-state index contributed by atoms with van der Waals surface area (Å²) in [7, 11) is 0. The summed E-state index contributed by atoms with van der Waals surface area (Å²) < 4.78 is 0. The minimum Gasteiger partial charge on any atom is -0.355 e. The molecule has 14 heavy (non-hydrogen) atoms. The summed E-state index contributed by atoms with van der Waals surface area (Å²) in [4.78, 5) is 22.1. The Morgan fingerprint density at radius 1 is 1.29 bits per heavy atom. The number of unbranched alkanes of at least 4 members (excludes halogenated alkanes) is 1. The van der Waals surface area contributed by atoms with Crippen LogP contribution in [-0.4, -0.2) is 24.9 Å². The van der Waals surface area contributed by atoms with Crippen LogP contribution in [0.25, 0.3) is 0 Å². The molecule has 4 heteroatoms. The predicted molar refractivity (Wildman–Crippen MR) is 55.7 cm³/mol. The molecule has 0 aromatic rings. The van der Waals surface area contributed by atoms with Gasteiger partial charge in [-0.05, 0) is 13.3 Å². The van der Waals surface area contributed by atoms with Crippen LogP contribution in [0.2, 0.25) is 0 Å². The molecule has 4 nitrogen and oxygen atoms in total. The van der Waals surface area contributed by atoms with Crippen molar-refractivity contribution in [3.63, 3.8) is 0 Å². The lowest BCUT2D eigenvalue weighted by molar-refractivity contribution is -0.124. The van der Waals surface area contributed by atoms with E-state index in [1.807, 2.05) is 0 Å². The fourth-order valence-corrected chi connectivity index (χ4v) is 0.779. The highest BCUT2D eigenvalue weighted by molar-refractivity contribution is 5.94. The number of nitrogens with one attached hydrogen (secondary N) is 2. The van der Waals surface area contributed by atoms with E-state index in [0.717, 1.165) is 12.8 Å². The van der Waals surface area contributed by atoms with E-state index in [1.54, 1.807) is 6.92 Å². The average Bonchev–Trinajstić information content (AvgIpc) is 2.14. The van der Waals surface area contributed by atoms with Crippen LogP contribution in [0.5, 0.6) is 0 Å². The van der Waals surface area contributed by atoms with Crippen LogP contribution in [0, 0.1) is 0 Å². The van der Waals surface area contributed by atoms with E-state index in [2.05, 4.69) is 24.1 Å². The minimum absolute atomic E-state index is 0.0232. The van der Waals surface area contributed by atoms with Crippen molar-refractivity contribution in [2.24, 2.45) is 0 Å². The standard InChI is InChI=1S/C10H18N2O2/c1-4-5-6-11-9(13)7-12-10(14)8(2)3/h2,4-7H2,1,3H3,(H,11,13)(H,12,14). The molecule has 0 aromatic heterocycles. The van der Waals surface area contributed by atoms with E-state index in [1.165, 1.54) is 0 Å². The molecule has 0 atom stereocenters. The van der Waals surface area contributed by atoms with E-state index < -0.39 is 0 Å². The van der Waals surface area contributed by atoms with Crippen LogP contribution in [0.1, 0.15) is 26.7 Å². The van der Waals surface area contributed by atoms with E-state index in [0.29, 0.717) is 12.1 Å². The number of hydrogen-bond donors (Lipinski definition) is 2. The Labute approximate surface area is 84.8 Å². The van der Waals surface area contributed by atoms with Crippen LogP contribution < -0.4 is 10.6 Å². The zero-order chi connectivity index (χ0) is 11.0. The lowest BCUT2D eigenvalue weighted by Crippen LogP contribution is -2.37. The van der Waals surface area contributed by atoms with Crippen molar-refractivity contribution in [3.05, 3.63) is 12.2 Å². The highest BCUT2D eigenvalue weighted by Gasteiger charge is 2.04. The Kier molecular flexibility index (Phi) is 6.45. The molecule has 0 unspecified atom stereocenters. The van der Waals surface area contributed by atoms with Crippen LogP contribution >= 0.6 is 0 Å². The number of carbonyl (C=O) groups excluding carboxylic acids is 2. The molecule has 0 radical (unpaired) electrons. The highest BCUT2D eigenvalue weighted by atomic mass is 16.2.